The van der Waals surface area contributed by atoms with Gasteiger partial charge >= 0.3 is 5.97 Å². The van der Waals surface area contributed by atoms with Gasteiger partial charge in [-0.1, -0.05) is 29.8 Å². The highest BCUT2D eigenvalue weighted by Crippen LogP contribution is 2.37. The minimum Gasteiger partial charge on any atom is -0.488 e. The van der Waals surface area contributed by atoms with Crippen molar-refractivity contribution in [1.29, 1.82) is 0 Å². The number of hydrogen-bond donors (Lipinski definition) is 2. The Kier molecular flexibility index (Phi) is 7.97. The van der Waals surface area contributed by atoms with Crippen molar-refractivity contribution in [3.05, 3.63) is 99.7 Å². The maximum Gasteiger partial charge on any atom is 0.335 e. The summed E-state index contributed by atoms with van der Waals surface area (Å²) in [5.74, 6) is -2.59. The highest BCUT2D eigenvalue weighted by Gasteiger charge is 2.18. The maximum absolute atomic E-state index is 14.2. The van der Waals surface area contributed by atoms with Crippen LogP contribution in [0, 0.1) is 24.5 Å². The Morgan fingerprint density at radius 2 is 1.79 bits per heavy atom. The molecule has 0 radical (unpaired) electrons. The Hall–Kier alpha value is -3.98. The Bertz CT molecular complexity index is 1530. The van der Waals surface area contributed by atoms with E-state index < -0.39 is 17.6 Å². The number of aromatic nitrogens is 1. The number of aromatic carboxylic acids is 1. The highest BCUT2D eigenvalue weighted by molar-refractivity contribution is 9.10. The first-order valence-corrected chi connectivity index (χ1v) is 12.6. The van der Waals surface area contributed by atoms with Crippen molar-refractivity contribution in [3.8, 4) is 22.7 Å². The summed E-state index contributed by atoms with van der Waals surface area (Å²) >= 11 is 3.49. The number of carbonyl (C=O) groups is 2. The number of amides is 1. The monoisotopic (exact) mass is 582 g/mol. The summed E-state index contributed by atoms with van der Waals surface area (Å²) in [6.45, 7) is 5.24. The number of halogens is 3. The van der Waals surface area contributed by atoms with E-state index in [0.29, 0.717) is 28.4 Å². The summed E-state index contributed by atoms with van der Waals surface area (Å²) in [7, 11) is 0. The largest absolute Gasteiger partial charge is 0.488 e. The van der Waals surface area contributed by atoms with Gasteiger partial charge in [-0.05, 0) is 67.6 Å². The normalized spacial score (nSPS) is 11.0. The van der Waals surface area contributed by atoms with Crippen LogP contribution in [-0.2, 0) is 11.4 Å². The molecule has 38 heavy (non-hydrogen) atoms. The molecule has 0 aliphatic rings. The van der Waals surface area contributed by atoms with Gasteiger partial charge in [-0.3, -0.25) is 4.79 Å². The van der Waals surface area contributed by atoms with Crippen molar-refractivity contribution in [2.45, 2.75) is 27.4 Å². The standard InChI is InChI=1S/C29H25BrF2N2O4/c1-16(2)28(35)33-22-10-19(29(36)37)11-23(14-22)34-17(3)4-8-26(34)24-12-20(30)6-9-27(24)38-15-18-5-7-21(31)13-25(18)32/h4-14,16H,15H2,1-3H3,(H,33,35)(H,36,37). The quantitative estimate of drug-likeness (QED) is 0.227. The van der Waals surface area contributed by atoms with E-state index >= 15 is 0 Å². The molecular formula is C29H25BrF2N2O4. The van der Waals surface area contributed by atoms with Crippen molar-refractivity contribution in [2.24, 2.45) is 5.92 Å². The summed E-state index contributed by atoms with van der Waals surface area (Å²) < 4.78 is 36.1. The van der Waals surface area contributed by atoms with Gasteiger partial charge in [0, 0.05) is 44.7 Å². The van der Waals surface area contributed by atoms with Gasteiger partial charge in [0.2, 0.25) is 5.91 Å². The molecule has 0 saturated heterocycles. The summed E-state index contributed by atoms with van der Waals surface area (Å²) in [6, 6.07) is 17.0. The Morgan fingerprint density at radius 3 is 2.47 bits per heavy atom. The summed E-state index contributed by atoms with van der Waals surface area (Å²) in [5, 5.41) is 12.5. The minimum absolute atomic E-state index is 0.0121. The van der Waals surface area contributed by atoms with E-state index in [0.717, 1.165) is 16.2 Å². The lowest BCUT2D eigenvalue weighted by Crippen LogP contribution is -2.18. The lowest BCUT2D eigenvalue weighted by molar-refractivity contribution is -0.118. The van der Waals surface area contributed by atoms with Gasteiger partial charge in [-0.15, -0.1) is 0 Å². The summed E-state index contributed by atoms with van der Waals surface area (Å²) in [4.78, 5) is 24.2. The molecular weight excluding hydrogens is 558 g/mol. The molecule has 1 heterocycles. The second-order valence-corrected chi connectivity index (χ2v) is 9.99. The number of anilines is 1. The molecule has 1 aromatic heterocycles. The number of ether oxygens (including phenoxy) is 1. The number of carboxylic acids is 1. The Morgan fingerprint density at radius 1 is 1.03 bits per heavy atom. The van der Waals surface area contributed by atoms with Crippen LogP contribution in [0.3, 0.4) is 0 Å². The molecule has 1 amide bonds. The fourth-order valence-corrected chi connectivity index (χ4v) is 4.30. The molecule has 0 aliphatic carbocycles. The number of benzene rings is 3. The molecule has 0 fully saturated rings. The topological polar surface area (TPSA) is 80.6 Å². The van der Waals surface area contributed by atoms with Crippen LogP contribution in [0.4, 0.5) is 14.5 Å². The van der Waals surface area contributed by atoms with E-state index in [9.17, 15) is 23.5 Å². The van der Waals surface area contributed by atoms with E-state index in [1.165, 1.54) is 24.3 Å². The maximum atomic E-state index is 14.2. The SMILES string of the molecule is Cc1ccc(-c2cc(Br)ccc2OCc2ccc(F)cc2F)n1-c1cc(NC(=O)C(C)C)cc(C(=O)O)c1. The molecule has 4 rings (SSSR count). The van der Waals surface area contributed by atoms with Gasteiger partial charge in [0.05, 0.1) is 11.3 Å². The number of nitrogens with zero attached hydrogens (tertiary/aromatic N) is 1. The van der Waals surface area contributed by atoms with Crippen LogP contribution >= 0.6 is 15.9 Å². The van der Waals surface area contributed by atoms with E-state index in [1.54, 1.807) is 32.0 Å². The molecule has 6 nitrogen and oxygen atoms in total. The lowest BCUT2D eigenvalue weighted by Gasteiger charge is -2.18. The zero-order valence-electron chi connectivity index (χ0n) is 20.9. The third kappa shape index (κ3) is 5.94. The molecule has 3 aromatic carbocycles. The molecule has 0 aliphatic heterocycles. The first kappa shape index (κ1) is 27.1. The second-order valence-electron chi connectivity index (χ2n) is 9.08. The lowest BCUT2D eigenvalue weighted by atomic mass is 10.1. The molecule has 0 atom stereocenters. The molecule has 9 heteroatoms. The molecule has 2 N–H and O–H groups in total. The first-order chi connectivity index (χ1) is 18.0. The summed E-state index contributed by atoms with van der Waals surface area (Å²) in [6.07, 6.45) is 0. The van der Waals surface area contributed by atoms with Crippen molar-refractivity contribution < 1.29 is 28.2 Å². The summed E-state index contributed by atoms with van der Waals surface area (Å²) in [5.41, 5.74) is 3.24. The third-order valence-corrected chi connectivity index (χ3v) is 6.40. The number of rotatable bonds is 8. The minimum atomic E-state index is -1.13. The van der Waals surface area contributed by atoms with Crippen molar-refractivity contribution in [2.75, 3.05) is 5.32 Å². The smallest absolute Gasteiger partial charge is 0.335 e. The Balaban J connectivity index is 1.79. The number of carboxylic acid groups (broad SMARTS) is 1. The van der Waals surface area contributed by atoms with Crippen LogP contribution in [0.15, 0.2) is 71.2 Å². The van der Waals surface area contributed by atoms with E-state index in [-0.39, 0.29) is 29.6 Å². The number of aryl methyl sites for hydroxylation is 1. The molecule has 0 spiro atoms. The average Bonchev–Trinajstić information content (AvgIpc) is 3.25. The highest BCUT2D eigenvalue weighted by atomic mass is 79.9. The van der Waals surface area contributed by atoms with E-state index in [2.05, 4.69) is 21.2 Å². The van der Waals surface area contributed by atoms with Gasteiger partial charge in [-0.25, -0.2) is 13.6 Å². The first-order valence-electron chi connectivity index (χ1n) is 11.8. The van der Waals surface area contributed by atoms with Crippen molar-refractivity contribution >= 4 is 33.5 Å². The molecule has 4 aromatic rings. The van der Waals surface area contributed by atoms with Crippen LogP contribution < -0.4 is 10.1 Å². The number of carbonyl (C=O) groups excluding carboxylic acids is 1. The van der Waals surface area contributed by atoms with Crippen molar-refractivity contribution in [3.63, 3.8) is 0 Å². The fraction of sp³-hybridized carbons (Fsp3) is 0.172. The third-order valence-electron chi connectivity index (χ3n) is 5.91. The van der Waals surface area contributed by atoms with Gasteiger partial charge in [0.25, 0.3) is 0 Å². The van der Waals surface area contributed by atoms with Gasteiger partial charge < -0.3 is 19.7 Å². The number of nitrogens with one attached hydrogen (secondary N) is 1. The molecule has 0 unspecified atom stereocenters. The van der Waals surface area contributed by atoms with Crippen LogP contribution in [0.2, 0.25) is 0 Å². The Labute approximate surface area is 227 Å². The van der Waals surface area contributed by atoms with E-state index in [1.807, 2.05) is 29.7 Å². The molecule has 0 bridgehead atoms. The molecule has 0 saturated carbocycles. The fourth-order valence-electron chi connectivity index (χ4n) is 3.94. The van der Waals surface area contributed by atoms with Crippen LogP contribution in [0.25, 0.3) is 16.9 Å². The van der Waals surface area contributed by atoms with Crippen molar-refractivity contribution in [1.82, 2.24) is 4.57 Å². The van der Waals surface area contributed by atoms with Gasteiger partial charge in [0.1, 0.15) is 24.0 Å². The predicted molar refractivity (Wildman–Crippen MR) is 145 cm³/mol. The van der Waals surface area contributed by atoms with Crippen LogP contribution in [0.5, 0.6) is 5.75 Å². The molecule has 196 valence electrons. The second kappa shape index (κ2) is 11.2. The van der Waals surface area contributed by atoms with Gasteiger partial charge in [-0.2, -0.15) is 0 Å². The average molecular weight is 583 g/mol. The zero-order valence-corrected chi connectivity index (χ0v) is 22.5. The zero-order chi connectivity index (χ0) is 27.6. The van der Waals surface area contributed by atoms with Gasteiger partial charge in [0.15, 0.2) is 0 Å². The van der Waals surface area contributed by atoms with E-state index in [4.69, 9.17) is 4.74 Å². The van der Waals surface area contributed by atoms with Crippen LogP contribution in [-0.4, -0.2) is 21.6 Å². The van der Waals surface area contributed by atoms with Crippen LogP contribution in [0.1, 0.15) is 35.5 Å². The predicted octanol–water partition coefficient (Wildman–Crippen LogP) is 7.37. The number of hydrogen-bond acceptors (Lipinski definition) is 3.